The first-order chi connectivity index (χ1) is 14.7. The zero-order valence-electron chi connectivity index (χ0n) is 14.9. The van der Waals surface area contributed by atoms with Crippen LogP contribution in [0.2, 0.25) is 0 Å². The monoisotopic (exact) mass is 455 g/mol. The highest BCUT2D eigenvalue weighted by Gasteiger charge is 2.37. The fraction of sp³-hybridized carbons (Fsp3) is 0.111. The first-order valence-electron chi connectivity index (χ1n) is 8.49. The first kappa shape index (κ1) is 19.5. The Balaban J connectivity index is 2.02. The fourth-order valence-corrected chi connectivity index (χ4v) is 4.16. The third kappa shape index (κ3) is 2.87. The Morgan fingerprint density at radius 1 is 1.13 bits per heavy atom. The molecule has 0 aliphatic carbocycles. The predicted molar refractivity (Wildman–Crippen MR) is 100 cm³/mol. The van der Waals surface area contributed by atoms with Gasteiger partial charge >= 0.3 is 12.7 Å². The lowest BCUT2D eigenvalue weighted by Gasteiger charge is -2.14. The Bertz CT molecular complexity index is 1550. The molecular weight excluding hydrogens is 448 g/mol. The van der Waals surface area contributed by atoms with Gasteiger partial charge in [-0.25, -0.2) is 19.0 Å². The number of fused-ring (bicyclic) bond motifs is 4. The van der Waals surface area contributed by atoms with Crippen molar-refractivity contribution in [2.24, 2.45) is 0 Å². The smallest absolute Gasteiger partial charge is 0.266 e. The lowest BCUT2D eigenvalue weighted by atomic mass is 10.1. The van der Waals surface area contributed by atoms with Gasteiger partial charge in [-0.15, -0.1) is 11.3 Å². The number of thiazole rings is 1. The highest BCUT2D eigenvalue weighted by molar-refractivity contribution is 7.17. The zero-order valence-corrected chi connectivity index (χ0v) is 15.7. The topological polar surface area (TPSA) is 65.6 Å². The maximum absolute atomic E-state index is 14.3. The Morgan fingerprint density at radius 3 is 2.61 bits per heavy atom. The number of halogens is 6. The summed E-state index contributed by atoms with van der Waals surface area (Å²) >= 11 is 1.11. The number of hydrogen-bond acceptors (Lipinski definition) is 5. The van der Waals surface area contributed by atoms with Gasteiger partial charge in [-0.05, 0) is 18.2 Å². The Hall–Kier alpha value is -3.48. The molecule has 1 aromatic carbocycles. The number of hydrogen-bond donors (Lipinski definition) is 0. The SMILES string of the molecule is O=c1c2nn(C(F)F)cc2c2cc(F)c(C(F)(F)F)nc2n1-c1cccc2ncsc12. The molecule has 0 saturated carbocycles. The van der Waals surface area contributed by atoms with Gasteiger partial charge < -0.3 is 0 Å². The summed E-state index contributed by atoms with van der Waals surface area (Å²) in [5, 5.41) is 3.05. The van der Waals surface area contributed by atoms with Gasteiger partial charge in [0, 0.05) is 17.0 Å². The summed E-state index contributed by atoms with van der Waals surface area (Å²) in [6, 6.07) is 5.11. The van der Waals surface area contributed by atoms with Crippen LogP contribution in [0.15, 0.2) is 40.8 Å². The molecule has 0 bridgehead atoms. The summed E-state index contributed by atoms with van der Waals surface area (Å²) in [4.78, 5) is 20.7. The van der Waals surface area contributed by atoms with E-state index in [1.165, 1.54) is 17.6 Å². The van der Waals surface area contributed by atoms with Gasteiger partial charge in [-0.1, -0.05) is 6.07 Å². The van der Waals surface area contributed by atoms with E-state index in [0.29, 0.717) is 16.3 Å². The van der Waals surface area contributed by atoms with Gasteiger partial charge in [0.1, 0.15) is 5.65 Å². The molecule has 0 aliphatic rings. The summed E-state index contributed by atoms with van der Waals surface area (Å²) in [7, 11) is 0. The molecule has 158 valence electrons. The summed E-state index contributed by atoms with van der Waals surface area (Å²) in [6.07, 6.45) is -4.37. The maximum atomic E-state index is 14.3. The average Bonchev–Trinajstić information content (AvgIpc) is 3.35. The second-order valence-electron chi connectivity index (χ2n) is 6.46. The van der Waals surface area contributed by atoms with Gasteiger partial charge in [0.2, 0.25) is 0 Å². The molecule has 0 radical (unpaired) electrons. The molecular formula is C18H7F6N5OS. The Morgan fingerprint density at radius 2 is 1.90 bits per heavy atom. The van der Waals surface area contributed by atoms with Crippen molar-refractivity contribution in [2.75, 3.05) is 0 Å². The van der Waals surface area contributed by atoms with Crippen molar-refractivity contribution >= 4 is 43.5 Å². The zero-order chi connectivity index (χ0) is 22.1. The van der Waals surface area contributed by atoms with Crippen molar-refractivity contribution in [3.63, 3.8) is 0 Å². The van der Waals surface area contributed by atoms with Crippen LogP contribution < -0.4 is 5.56 Å². The molecule has 4 aromatic heterocycles. The van der Waals surface area contributed by atoms with E-state index in [1.54, 1.807) is 6.07 Å². The number of benzene rings is 1. The van der Waals surface area contributed by atoms with E-state index in [9.17, 15) is 31.1 Å². The van der Waals surface area contributed by atoms with Crippen LogP contribution in [0.3, 0.4) is 0 Å². The van der Waals surface area contributed by atoms with Crippen LogP contribution >= 0.6 is 11.3 Å². The molecule has 0 spiro atoms. The first-order valence-corrected chi connectivity index (χ1v) is 9.37. The quantitative estimate of drug-likeness (QED) is 0.355. The van der Waals surface area contributed by atoms with Gasteiger partial charge in [0.15, 0.2) is 17.0 Å². The standard InChI is InChI=1S/C18H7F6N5OS/c19-9-4-7-8-5-28(17(20)21)27-12(8)16(30)29(15(7)26-14(9)18(22,23)24)11-3-1-2-10-13(11)31-6-25-10/h1-6,17H. The van der Waals surface area contributed by atoms with E-state index in [4.69, 9.17) is 0 Å². The molecule has 5 aromatic rings. The van der Waals surface area contributed by atoms with Crippen molar-refractivity contribution in [1.29, 1.82) is 0 Å². The molecule has 0 unspecified atom stereocenters. The molecule has 13 heteroatoms. The minimum absolute atomic E-state index is 0.121. The second kappa shape index (κ2) is 6.51. The molecule has 0 atom stereocenters. The lowest BCUT2D eigenvalue weighted by Crippen LogP contribution is -2.22. The molecule has 5 rings (SSSR count). The number of aromatic nitrogens is 5. The third-order valence-electron chi connectivity index (χ3n) is 4.64. The highest BCUT2D eigenvalue weighted by atomic mass is 32.1. The fourth-order valence-electron chi connectivity index (χ4n) is 3.37. The third-order valence-corrected chi connectivity index (χ3v) is 5.51. The summed E-state index contributed by atoms with van der Waals surface area (Å²) in [5.74, 6) is -1.70. The van der Waals surface area contributed by atoms with Gasteiger partial charge in [0.25, 0.3) is 5.56 Å². The van der Waals surface area contributed by atoms with E-state index in [-0.39, 0.29) is 21.1 Å². The summed E-state index contributed by atoms with van der Waals surface area (Å²) in [6.45, 7) is -3.12. The van der Waals surface area contributed by atoms with Crippen molar-refractivity contribution in [1.82, 2.24) is 24.3 Å². The highest BCUT2D eigenvalue weighted by Crippen LogP contribution is 2.35. The van der Waals surface area contributed by atoms with E-state index >= 15 is 0 Å². The van der Waals surface area contributed by atoms with Crippen LogP contribution in [0.1, 0.15) is 12.2 Å². The minimum Gasteiger partial charge on any atom is -0.266 e. The van der Waals surface area contributed by atoms with Crippen LogP contribution in [-0.4, -0.2) is 24.3 Å². The number of alkyl halides is 5. The van der Waals surface area contributed by atoms with Crippen molar-refractivity contribution in [3.8, 4) is 5.69 Å². The molecule has 0 saturated heterocycles. The Labute approximate surface area is 171 Å². The van der Waals surface area contributed by atoms with Gasteiger partial charge in [-0.2, -0.15) is 27.1 Å². The van der Waals surface area contributed by atoms with Crippen molar-refractivity contribution < 1.29 is 26.3 Å². The van der Waals surface area contributed by atoms with E-state index in [1.807, 2.05) is 0 Å². The number of rotatable bonds is 2. The van der Waals surface area contributed by atoms with E-state index in [0.717, 1.165) is 22.1 Å². The predicted octanol–water partition coefficient (Wildman–Crippen LogP) is 4.90. The second-order valence-corrected chi connectivity index (χ2v) is 7.31. The van der Waals surface area contributed by atoms with Crippen LogP contribution in [0.4, 0.5) is 26.3 Å². The van der Waals surface area contributed by atoms with Crippen molar-refractivity contribution in [2.45, 2.75) is 12.7 Å². The molecule has 0 amide bonds. The van der Waals surface area contributed by atoms with Crippen LogP contribution in [0.25, 0.3) is 37.8 Å². The number of nitrogens with zero attached hydrogens (tertiary/aromatic N) is 5. The van der Waals surface area contributed by atoms with E-state index < -0.39 is 41.0 Å². The minimum atomic E-state index is -5.14. The normalized spacial score (nSPS) is 12.6. The van der Waals surface area contributed by atoms with Crippen LogP contribution in [-0.2, 0) is 6.18 Å². The van der Waals surface area contributed by atoms with Crippen LogP contribution in [0, 0.1) is 5.82 Å². The van der Waals surface area contributed by atoms with Gasteiger partial charge in [0.05, 0.1) is 21.4 Å². The average molecular weight is 455 g/mol. The summed E-state index contributed by atoms with van der Waals surface area (Å²) < 4.78 is 82.1. The van der Waals surface area contributed by atoms with Crippen LogP contribution in [0.5, 0.6) is 0 Å². The molecule has 0 aliphatic heterocycles. The maximum Gasteiger partial charge on any atom is 0.436 e. The van der Waals surface area contributed by atoms with Gasteiger partial charge in [-0.3, -0.25) is 9.36 Å². The molecule has 0 N–H and O–H groups in total. The Kier molecular flexibility index (Phi) is 4.09. The summed E-state index contributed by atoms with van der Waals surface area (Å²) in [5.41, 5.74) is -1.76. The molecule has 4 heterocycles. The molecule has 6 nitrogen and oxygen atoms in total. The molecule has 0 fully saturated rings. The molecule has 31 heavy (non-hydrogen) atoms. The van der Waals surface area contributed by atoms with E-state index in [2.05, 4.69) is 15.1 Å². The van der Waals surface area contributed by atoms with Crippen molar-refractivity contribution in [3.05, 3.63) is 57.8 Å². The lowest BCUT2D eigenvalue weighted by molar-refractivity contribution is -0.143. The number of pyridine rings is 2. The largest absolute Gasteiger partial charge is 0.436 e.